The molecule has 0 spiro atoms. The number of alkyl halides is 1. The molecule has 1 aromatic heterocycles. The molecule has 0 aliphatic rings. The predicted molar refractivity (Wildman–Crippen MR) is 70.2 cm³/mol. The molecule has 82 valence electrons. The molecule has 1 N–H and O–H groups in total. The van der Waals surface area contributed by atoms with Crippen molar-refractivity contribution in [2.24, 2.45) is 0 Å². The van der Waals surface area contributed by atoms with E-state index in [-0.39, 0.29) is 0 Å². The van der Waals surface area contributed by atoms with E-state index in [1.807, 2.05) is 24.3 Å². The summed E-state index contributed by atoms with van der Waals surface area (Å²) in [5, 5.41) is 18.5. The molecule has 0 amide bonds. The van der Waals surface area contributed by atoms with Crippen molar-refractivity contribution < 1.29 is 0 Å². The molecule has 0 bridgehead atoms. The SMILES string of the molecule is CC(I)Nc1ccc(-c2nncnn2)cc1. The van der Waals surface area contributed by atoms with E-state index >= 15 is 0 Å². The van der Waals surface area contributed by atoms with Crippen LogP contribution >= 0.6 is 22.6 Å². The molecule has 0 fully saturated rings. The third-order valence-corrected chi connectivity index (χ3v) is 2.23. The molecule has 16 heavy (non-hydrogen) atoms. The molecule has 1 aromatic carbocycles. The lowest BCUT2D eigenvalue weighted by molar-refractivity contribution is 0.864. The fraction of sp³-hybridized carbons (Fsp3) is 0.200. The lowest BCUT2D eigenvalue weighted by atomic mass is 10.2. The largest absolute Gasteiger partial charge is 0.374 e. The highest BCUT2D eigenvalue weighted by molar-refractivity contribution is 14.1. The number of nitrogens with zero attached hydrogens (tertiary/aromatic N) is 4. The fourth-order valence-corrected chi connectivity index (χ4v) is 1.62. The number of hydrogen-bond donors (Lipinski definition) is 1. The number of halogens is 1. The van der Waals surface area contributed by atoms with E-state index in [1.54, 1.807) is 0 Å². The zero-order valence-electron chi connectivity index (χ0n) is 8.63. The third kappa shape index (κ3) is 2.84. The Morgan fingerprint density at radius 3 is 2.31 bits per heavy atom. The van der Waals surface area contributed by atoms with Crippen molar-refractivity contribution in [3.8, 4) is 11.4 Å². The first-order valence-corrected chi connectivity index (χ1v) is 6.01. The fourth-order valence-electron chi connectivity index (χ4n) is 1.26. The van der Waals surface area contributed by atoms with Crippen molar-refractivity contribution in [3.63, 3.8) is 0 Å². The topological polar surface area (TPSA) is 63.6 Å². The van der Waals surface area contributed by atoms with Gasteiger partial charge in [0, 0.05) is 11.3 Å². The molecular formula is C10H10IN5. The highest BCUT2D eigenvalue weighted by Gasteiger charge is 2.02. The second-order valence-electron chi connectivity index (χ2n) is 3.21. The highest BCUT2D eigenvalue weighted by atomic mass is 127. The number of hydrogen-bond acceptors (Lipinski definition) is 5. The van der Waals surface area contributed by atoms with Crippen molar-refractivity contribution in [3.05, 3.63) is 30.6 Å². The Morgan fingerprint density at radius 2 is 1.75 bits per heavy atom. The Bertz CT molecular complexity index is 443. The zero-order valence-corrected chi connectivity index (χ0v) is 10.8. The van der Waals surface area contributed by atoms with E-state index in [0.29, 0.717) is 9.87 Å². The molecule has 0 aliphatic carbocycles. The van der Waals surface area contributed by atoms with Crippen LogP contribution in [-0.4, -0.2) is 24.4 Å². The van der Waals surface area contributed by atoms with Crippen LogP contribution in [0.15, 0.2) is 30.6 Å². The standard InChI is InChI=1S/C10H10IN5/c1-7(11)14-9-4-2-8(3-5-9)10-15-12-6-13-16-10/h2-7,14H,1H3. The van der Waals surface area contributed by atoms with Gasteiger partial charge >= 0.3 is 0 Å². The van der Waals surface area contributed by atoms with Gasteiger partial charge < -0.3 is 5.32 Å². The summed E-state index contributed by atoms with van der Waals surface area (Å²) >= 11 is 2.31. The van der Waals surface area contributed by atoms with Crippen LogP contribution in [0.5, 0.6) is 0 Å². The normalized spacial score (nSPS) is 12.1. The van der Waals surface area contributed by atoms with E-state index in [9.17, 15) is 0 Å². The molecular weight excluding hydrogens is 317 g/mol. The van der Waals surface area contributed by atoms with Crippen LogP contribution in [0.4, 0.5) is 5.69 Å². The van der Waals surface area contributed by atoms with E-state index in [4.69, 9.17) is 0 Å². The first kappa shape index (κ1) is 11.2. The molecule has 0 radical (unpaired) electrons. The number of aromatic nitrogens is 4. The smallest absolute Gasteiger partial charge is 0.203 e. The highest BCUT2D eigenvalue weighted by Crippen LogP contribution is 2.17. The van der Waals surface area contributed by atoms with Gasteiger partial charge in [0.05, 0.1) is 4.05 Å². The molecule has 5 nitrogen and oxygen atoms in total. The van der Waals surface area contributed by atoms with Gasteiger partial charge in [-0.05, 0) is 31.2 Å². The summed E-state index contributed by atoms with van der Waals surface area (Å²) in [6.45, 7) is 2.09. The number of anilines is 1. The van der Waals surface area contributed by atoms with Gasteiger partial charge in [-0.3, -0.25) is 0 Å². The van der Waals surface area contributed by atoms with Crippen LogP contribution in [0.2, 0.25) is 0 Å². The van der Waals surface area contributed by atoms with E-state index in [2.05, 4.69) is 55.2 Å². The summed E-state index contributed by atoms with van der Waals surface area (Å²) in [6, 6.07) is 7.86. The molecule has 0 saturated heterocycles. The lowest BCUT2D eigenvalue weighted by Gasteiger charge is -2.08. The van der Waals surface area contributed by atoms with Crippen molar-refractivity contribution in [1.82, 2.24) is 20.4 Å². The Hall–Kier alpha value is -1.31. The van der Waals surface area contributed by atoms with Crippen molar-refractivity contribution >= 4 is 28.3 Å². The molecule has 1 atom stereocenters. The predicted octanol–water partition coefficient (Wildman–Crippen LogP) is 2.13. The number of rotatable bonds is 3. The molecule has 2 aromatic rings. The molecule has 0 aliphatic heterocycles. The maximum absolute atomic E-state index is 3.89. The molecule has 1 unspecified atom stereocenters. The van der Waals surface area contributed by atoms with Crippen LogP contribution in [0.1, 0.15) is 6.92 Å². The van der Waals surface area contributed by atoms with Gasteiger partial charge in [0.15, 0.2) is 6.33 Å². The first-order chi connectivity index (χ1) is 7.75. The van der Waals surface area contributed by atoms with Crippen LogP contribution in [-0.2, 0) is 0 Å². The van der Waals surface area contributed by atoms with E-state index in [1.165, 1.54) is 6.33 Å². The second kappa shape index (κ2) is 5.15. The second-order valence-corrected chi connectivity index (χ2v) is 5.08. The molecule has 1 heterocycles. The van der Waals surface area contributed by atoms with Crippen LogP contribution in [0, 0.1) is 0 Å². The summed E-state index contributed by atoms with van der Waals surface area (Å²) < 4.78 is 0.389. The van der Waals surface area contributed by atoms with Crippen LogP contribution in [0.3, 0.4) is 0 Å². The lowest BCUT2D eigenvalue weighted by Crippen LogP contribution is -2.05. The number of benzene rings is 1. The van der Waals surface area contributed by atoms with Crippen molar-refractivity contribution in [1.29, 1.82) is 0 Å². The Balaban J connectivity index is 2.20. The van der Waals surface area contributed by atoms with Crippen LogP contribution < -0.4 is 5.32 Å². The average molecular weight is 327 g/mol. The zero-order chi connectivity index (χ0) is 11.4. The molecule has 6 heteroatoms. The van der Waals surface area contributed by atoms with Gasteiger partial charge in [-0.15, -0.1) is 20.4 Å². The van der Waals surface area contributed by atoms with Gasteiger partial charge in [0.1, 0.15) is 0 Å². The molecule has 0 saturated carbocycles. The summed E-state index contributed by atoms with van der Waals surface area (Å²) in [6.07, 6.45) is 1.32. The maximum atomic E-state index is 3.89. The van der Waals surface area contributed by atoms with E-state index in [0.717, 1.165) is 11.3 Å². The Morgan fingerprint density at radius 1 is 1.12 bits per heavy atom. The van der Waals surface area contributed by atoms with Crippen LogP contribution in [0.25, 0.3) is 11.4 Å². The minimum absolute atomic E-state index is 0.389. The molecule has 2 rings (SSSR count). The minimum Gasteiger partial charge on any atom is -0.374 e. The Labute approximate surface area is 107 Å². The Kier molecular flexibility index (Phi) is 3.60. The monoisotopic (exact) mass is 327 g/mol. The number of nitrogens with one attached hydrogen (secondary N) is 1. The summed E-state index contributed by atoms with van der Waals surface area (Å²) in [4.78, 5) is 0. The summed E-state index contributed by atoms with van der Waals surface area (Å²) in [5.41, 5.74) is 1.98. The summed E-state index contributed by atoms with van der Waals surface area (Å²) in [5.74, 6) is 0.538. The quantitative estimate of drug-likeness (QED) is 0.532. The summed E-state index contributed by atoms with van der Waals surface area (Å²) in [7, 11) is 0. The van der Waals surface area contributed by atoms with Gasteiger partial charge in [-0.25, -0.2) is 0 Å². The minimum atomic E-state index is 0.389. The van der Waals surface area contributed by atoms with Gasteiger partial charge in [0.25, 0.3) is 0 Å². The van der Waals surface area contributed by atoms with Crippen molar-refractivity contribution in [2.45, 2.75) is 11.0 Å². The van der Waals surface area contributed by atoms with Gasteiger partial charge in [0.2, 0.25) is 5.82 Å². The maximum Gasteiger partial charge on any atom is 0.203 e. The van der Waals surface area contributed by atoms with Gasteiger partial charge in [-0.2, -0.15) is 0 Å². The van der Waals surface area contributed by atoms with Gasteiger partial charge in [-0.1, -0.05) is 22.6 Å². The van der Waals surface area contributed by atoms with Crippen molar-refractivity contribution in [2.75, 3.05) is 5.32 Å². The average Bonchev–Trinajstić information content (AvgIpc) is 2.30. The first-order valence-electron chi connectivity index (χ1n) is 4.77. The third-order valence-electron chi connectivity index (χ3n) is 1.92. The van der Waals surface area contributed by atoms with E-state index < -0.39 is 0 Å².